The van der Waals surface area contributed by atoms with Gasteiger partial charge in [-0.15, -0.1) is 23.8 Å². The van der Waals surface area contributed by atoms with Gasteiger partial charge in [0.15, 0.2) is 0 Å². The number of benzene rings is 8. The maximum atomic E-state index is 11.5. The number of pyridine rings is 1. The Morgan fingerprint density at radius 3 is 1.96 bits per heavy atom. The van der Waals surface area contributed by atoms with Gasteiger partial charge in [-0.05, 0) is 110 Å². The third kappa shape index (κ3) is 8.83. The predicted octanol–water partition coefficient (Wildman–Crippen LogP) is 16.3. The molecule has 0 atom stereocenters. The van der Waals surface area contributed by atoms with Gasteiger partial charge in [-0.3, -0.25) is 9.55 Å². The number of hydrogen-bond donors (Lipinski definition) is 1. The number of phenols is 1. The Morgan fingerprint density at radius 2 is 1.24 bits per heavy atom. The Hall–Kier alpha value is -7.13. The van der Waals surface area contributed by atoms with Gasteiger partial charge in [-0.25, -0.2) is 4.98 Å². The van der Waals surface area contributed by atoms with E-state index in [1.165, 1.54) is 0 Å². The quantitative estimate of drug-likeness (QED) is 0.147. The van der Waals surface area contributed by atoms with E-state index in [2.05, 4.69) is 99.6 Å². The van der Waals surface area contributed by atoms with Crippen molar-refractivity contribution < 1.29 is 31.7 Å². The van der Waals surface area contributed by atoms with Crippen molar-refractivity contribution in [2.24, 2.45) is 0 Å². The Morgan fingerprint density at radius 1 is 0.597 bits per heavy atom. The van der Waals surface area contributed by atoms with Gasteiger partial charge in [0.1, 0.15) is 11.6 Å². The molecule has 0 unspecified atom stereocenters. The van der Waals surface area contributed by atoms with E-state index in [1.807, 2.05) is 128 Å². The van der Waals surface area contributed by atoms with Crippen LogP contribution in [0.2, 0.25) is 0 Å². The number of nitrogens with zero attached hydrogens (tertiary/aromatic N) is 3. The van der Waals surface area contributed by atoms with Crippen LogP contribution in [0.25, 0.3) is 95.0 Å². The molecular weight excluding hydrogens is 998 g/mol. The summed E-state index contributed by atoms with van der Waals surface area (Å²) in [7, 11) is 0. The van der Waals surface area contributed by atoms with E-state index in [9.17, 15) is 5.11 Å². The Balaban J connectivity index is 0.00000624. The van der Waals surface area contributed by atoms with Gasteiger partial charge in [0, 0.05) is 38.4 Å². The van der Waals surface area contributed by atoms with Gasteiger partial charge in [0.2, 0.25) is 0 Å². The fourth-order valence-corrected chi connectivity index (χ4v) is 9.04. The number of hydrogen-bond acceptors (Lipinski definition) is 3. The molecule has 5 heteroatoms. The van der Waals surface area contributed by atoms with E-state index >= 15 is 0 Å². The Labute approximate surface area is 414 Å². The first-order valence-corrected chi connectivity index (χ1v) is 22.4. The van der Waals surface area contributed by atoms with E-state index in [4.69, 9.17) is 15.5 Å². The summed E-state index contributed by atoms with van der Waals surface area (Å²) in [6, 6.07) is 65.5. The summed E-state index contributed by atoms with van der Waals surface area (Å²) in [5.74, 6) is -0.295. The first-order chi connectivity index (χ1) is 33.5. The zero-order valence-electron chi connectivity index (χ0n) is 42.1. The molecule has 0 saturated carbocycles. The van der Waals surface area contributed by atoms with Crippen LogP contribution in [0.4, 0.5) is 0 Å². The minimum Gasteiger partial charge on any atom is -0.507 e. The second kappa shape index (κ2) is 18.6. The minimum absolute atomic E-state index is 0. The maximum Gasteiger partial charge on any atom is 0.148 e. The van der Waals surface area contributed by atoms with Gasteiger partial charge < -0.3 is 5.11 Å². The standard InChI is InChI=1S/C62H52N3O.Pt/c1-40(2)42-27-29-44(30-28-42)46-33-34-63-55(39-46)50-37-48(43-17-9-7-10-18-43)36-49(38-50)52-23-16-25-57-60(52)64-61(53-21-13-14-26-58(53)66)65(57)56-32-31-47(35-41(56)3)59-51(45-19-11-8-12-20-45)22-15-24-54(59)62(4,5)6;/h7-37,39-40,66H,1-6H3;/q-1;/i3D3,40D;. The largest absolute Gasteiger partial charge is 0.507 e. The normalized spacial score (nSPS) is 12.7. The molecule has 2 heterocycles. The molecule has 0 fully saturated rings. The van der Waals surface area contributed by atoms with Crippen molar-refractivity contribution in [1.82, 2.24) is 14.5 Å². The van der Waals surface area contributed by atoms with Crippen LogP contribution in [-0.4, -0.2) is 19.6 Å². The molecule has 0 aliphatic heterocycles. The van der Waals surface area contributed by atoms with E-state index in [-0.39, 0.29) is 37.8 Å². The average molecular weight is 1050 g/mol. The number of imidazole rings is 1. The van der Waals surface area contributed by atoms with Crippen LogP contribution in [0.3, 0.4) is 0 Å². The third-order valence-electron chi connectivity index (χ3n) is 12.4. The van der Waals surface area contributed by atoms with Gasteiger partial charge in [-0.2, -0.15) is 0 Å². The van der Waals surface area contributed by atoms with Crippen molar-refractivity contribution in [3.63, 3.8) is 0 Å². The molecule has 0 radical (unpaired) electrons. The molecule has 0 bridgehead atoms. The van der Waals surface area contributed by atoms with E-state index < -0.39 is 12.7 Å². The topological polar surface area (TPSA) is 50.9 Å². The van der Waals surface area contributed by atoms with E-state index in [0.717, 1.165) is 78.0 Å². The molecule has 0 amide bonds. The zero-order chi connectivity index (χ0) is 49.0. The molecule has 10 rings (SSSR count). The van der Waals surface area contributed by atoms with Crippen LogP contribution in [0.15, 0.2) is 194 Å². The number of aromatic nitrogens is 3. The SMILES string of the molecule is [2H]C([2H])([2H])c1cc(-c2c(-c3ccccc3)cccc2C(C)(C)C)ccc1-n1c(-c2ccccc2O)nc2c(-c3[c-]c(-c4cc(-c5ccc(C([2H])(C)C)cc5)ccn4)cc(-c4ccccc4)c3)cccc21.[Pt]. The fraction of sp³-hybridized carbons (Fsp3) is 0.129. The van der Waals surface area contributed by atoms with Crippen molar-refractivity contribution >= 4 is 11.0 Å². The van der Waals surface area contributed by atoms with Crippen molar-refractivity contribution in [2.75, 3.05) is 0 Å². The van der Waals surface area contributed by atoms with Crippen LogP contribution < -0.4 is 0 Å². The molecule has 2 aromatic heterocycles. The maximum absolute atomic E-state index is 11.5. The molecule has 332 valence electrons. The molecule has 67 heavy (non-hydrogen) atoms. The second-order valence-corrected chi connectivity index (χ2v) is 18.1. The number of rotatable bonds is 9. The van der Waals surface area contributed by atoms with Crippen LogP contribution in [0, 0.1) is 12.9 Å². The average Bonchev–Trinajstić information content (AvgIpc) is 3.75. The number of aromatic hydroxyl groups is 1. The molecule has 0 saturated heterocycles. The smallest absolute Gasteiger partial charge is 0.148 e. The molecule has 0 spiro atoms. The summed E-state index contributed by atoms with van der Waals surface area (Å²) >= 11 is 0. The minimum atomic E-state index is -2.55. The predicted molar refractivity (Wildman–Crippen MR) is 275 cm³/mol. The van der Waals surface area contributed by atoms with Crippen LogP contribution in [0.5, 0.6) is 5.75 Å². The second-order valence-electron chi connectivity index (χ2n) is 18.1. The van der Waals surface area contributed by atoms with Crippen molar-refractivity contribution in [3.05, 3.63) is 217 Å². The summed E-state index contributed by atoms with van der Waals surface area (Å²) in [4.78, 5) is 10.2. The van der Waals surface area contributed by atoms with Crippen molar-refractivity contribution in [2.45, 2.75) is 52.8 Å². The molecule has 1 N–H and O–H groups in total. The van der Waals surface area contributed by atoms with Crippen molar-refractivity contribution in [3.8, 4) is 89.7 Å². The monoisotopic (exact) mass is 1050 g/mol. The molecule has 4 nitrogen and oxygen atoms in total. The van der Waals surface area contributed by atoms with Gasteiger partial charge in [0.25, 0.3) is 0 Å². The number of phenolic OH excluding ortho intramolecular Hbond substituents is 1. The number of fused-ring (bicyclic) bond motifs is 1. The van der Waals surface area contributed by atoms with Gasteiger partial charge >= 0.3 is 0 Å². The summed E-state index contributed by atoms with van der Waals surface area (Å²) in [5.41, 5.74) is 15.0. The first-order valence-electron chi connectivity index (χ1n) is 24.4. The third-order valence-corrected chi connectivity index (χ3v) is 12.4. The van der Waals surface area contributed by atoms with Crippen LogP contribution >= 0.6 is 0 Å². The van der Waals surface area contributed by atoms with E-state index in [0.29, 0.717) is 28.1 Å². The van der Waals surface area contributed by atoms with Crippen LogP contribution in [0.1, 0.15) is 62.7 Å². The fourth-order valence-electron chi connectivity index (χ4n) is 9.04. The summed E-state index contributed by atoms with van der Waals surface area (Å²) in [5, 5.41) is 11.5. The Kier molecular flexibility index (Phi) is 11.2. The van der Waals surface area contributed by atoms with Crippen LogP contribution in [-0.2, 0) is 26.5 Å². The molecular formula is C62H52N3OPt-. The van der Waals surface area contributed by atoms with E-state index in [1.54, 1.807) is 12.1 Å². The summed E-state index contributed by atoms with van der Waals surface area (Å²) in [6.07, 6.45) is 1.81. The van der Waals surface area contributed by atoms with Gasteiger partial charge in [0.05, 0.1) is 22.3 Å². The summed E-state index contributed by atoms with van der Waals surface area (Å²) < 4.78 is 37.7. The van der Waals surface area contributed by atoms with Gasteiger partial charge in [-0.1, -0.05) is 191 Å². The molecule has 0 aliphatic rings. The Bertz CT molecular complexity index is 3550. The number of para-hydroxylation sites is 2. The molecule has 10 aromatic rings. The summed E-state index contributed by atoms with van der Waals surface area (Å²) in [6.45, 7) is 7.76. The number of aryl methyl sites for hydroxylation is 1. The molecule has 8 aromatic carbocycles. The zero-order valence-corrected chi connectivity index (χ0v) is 40.4. The molecule has 0 aliphatic carbocycles. The van der Waals surface area contributed by atoms with Crippen molar-refractivity contribution in [1.29, 1.82) is 0 Å². The first kappa shape index (κ1) is 40.2.